The average molecular weight is 640 g/mol. The third-order valence-corrected chi connectivity index (χ3v) is 9.18. The molecule has 0 radical (unpaired) electrons. The van der Waals surface area contributed by atoms with Crippen molar-refractivity contribution in [3.8, 4) is 34.0 Å². The van der Waals surface area contributed by atoms with E-state index in [0.29, 0.717) is 17.7 Å². The predicted octanol–water partition coefficient (Wildman–Crippen LogP) is 7.80. The van der Waals surface area contributed by atoms with E-state index in [1.807, 2.05) is 66.2 Å². The molecule has 1 aliphatic heterocycles. The second-order valence-electron chi connectivity index (χ2n) is 11.3. The van der Waals surface area contributed by atoms with Crippen LogP contribution in [-0.4, -0.2) is 62.0 Å². The summed E-state index contributed by atoms with van der Waals surface area (Å²) in [4.78, 5) is 24.7. The van der Waals surface area contributed by atoms with E-state index in [4.69, 9.17) is 14.4 Å². The molecule has 5 heterocycles. The van der Waals surface area contributed by atoms with E-state index in [9.17, 15) is 0 Å². The van der Waals surface area contributed by atoms with Gasteiger partial charge in [-0.25, -0.2) is 19.9 Å². The first kappa shape index (κ1) is 28.9. The van der Waals surface area contributed by atoms with Gasteiger partial charge < -0.3 is 24.9 Å². The Morgan fingerprint density at radius 2 is 1.64 bits per heavy atom. The highest BCUT2D eigenvalue weighted by molar-refractivity contribution is 7.15. The van der Waals surface area contributed by atoms with E-state index in [-0.39, 0.29) is 0 Å². The third-order valence-electron chi connectivity index (χ3n) is 8.42. The molecular weight excluding hydrogens is 607 g/mol. The monoisotopic (exact) mass is 639 g/mol. The number of aromatic nitrogens is 5. The molecule has 0 spiro atoms. The van der Waals surface area contributed by atoms with Gasteiger partial charge in [-0.3, -0.25) is 4.40 Å². The number of fused-ring (bicyclic) bond motifs is 1. The first-order chi connectivity index (χ1) is 23.2. The smallest absolute Gasteiger partial charge is 0.299 e. The highest BCUT2D eigenvalue weighted by Gasteiger charge is 2.20. The minimum Gasteiger partial charge on any atom is -0.423 e. The van der Waals surface area contributed by atoms with Crippen LogP contribution in [0, 0.1) is 0 Å². The standard InChI is InChI=1S/C36H33N9OS/c1-2-43-17-19-44(20-18-43)29-13-11-27(12-14-29)39-34-37-16-15-30(41-34)33-32(42-36-45(33)21-22-47-36)26-9-6-10-28(23-26)40-35-38-24-31(46-35)25-7-4-3-5-8-25/h3-16,21-24H,2,17-20H2,1H3,(H,38,40)(H,37,39,41). The first-order valence-electron chi connectivity index (χ1n) is 15.7. The molecule has 4 aromatic heterocycles. The van der Waals surface area contributed by atoms with Crippen molar-refractivity contribution < 1.29 is 4.42 Å². The fourth-order valence-corrected chi connectivity index (χ4v) is 6.64. The van der Waals surface area contributed by atoms with Crippen LogP contribution >= 0.6 is 11.3 Å². The van der Waals surface area contributed by atoms with Crippen molar-refractivity contribution in [3.63, 3.8) is 0 Å². The summed E-state index contributed by atoms with van der Waals surface area (Å²) < 4.78 is 8.07. The van der Waals surface area contributed by atoms with Crippen LogP contribution in [0.5, 0.6) is 0 Å². The van der Waals surface area contributed by atoms with Crippen LogP contribution in [0.4, 0.5) is 29.0 Å². The van der Waals surface area contributed by atoms with Crippen molar-refractivity contribution in [2.24, 2.45) is 0 Å². The number of anilines is 5. The average Bonchev–Trinajstić information content (AvgIpc) is 3.87. The maximum atomic E-state index is 5.99. The van der Waals surface area contributed by atoms with Gasteiger partial charge in [0.2, 0.25) is 5.95 Å². The normalized spacial score (nSPS) is 13.7. The molecular formula is C36H33N9OS. The first-order valence-corrected chi connectivity index (χ1v) is 16.6. The third kappa shape index (κ3) is 6.06. The molecule has 1 saturated heterocycles. The number of benzene rings is 3. The van der Waals surface area contributed by atoms with Crippen LogP contribution in [0.15, 0.2) is 113 Å². The molecule has 0 saturated carbocycles. The number of likely N-dealkylation sites (N-methyl/N-ethyl adjacent to an activating group) is 1. The highest BCUT2D eigenvalue weighted by Crippen LogP contribution is 2.35. The number of nitrogens with zero attached hydrogens (tertiary/aromatic N) is 7. The lowest BCUT2D eigenvalue weighted by Crippen LogP contribution is -2.46. The maximum absolute atomic E-state index is 5.99. The quantitative estimate of drug-likeness (QED) is 0.164. The van der Waals surface area contributed by atoms with Crippen LogP contribution in [0.1, 0.15) is 6.92 Å². The molecule has 3 aromatic carbocycles. The highest BCUT2D eigenvalue weighted by atomic mass is 32.1. The molecule has 0 amide bonds. The van der Waals surface area contributed by atoms with Crippen molar-refractivity contribution >= 4 is 45.3 Å². The Morgan fingerprint density at radius 1 is 0.809 bits per heavy atom. The lowest BCUT2D eigenvalue weighted by Gasteiger charge is -2.35. The van der Waals surface area contributed by atoms with E-state index >= 15 is 0 Å². The molecule has 7 aromatic rings. The van der Waals surface area contributed by atoms with Crippen LogP contribution in [0.2, 0.25) is 0 Å². The Kier molecular flexibility index (Phi) is 7.82. The summed E-state index contributed by atoms with van der Waals surface area (Å²) in [5.41, 5.74) is 7.43. The SMILES string of the molecule is CCN1CCN(c2ccc(Nc3nccc(-c4c(-c5cccc(Nc6ncc(-c7ccccc7)o6)c5)nc5sccn45)n3)cc2)CC1. The van der Waals surface area contributed by atoms with Crippen LogP contribution in [0.25, 0.3) is 38.9 Å². The molecule has 47 heavy (non-hydrogen) atoms. The van der Waals surface area contributed by atoms with Crippen LogP contribution in [-0.2, 0) is 0 Å². The fraction of sp³-hybridized carbons (Fsp3) is 0.167. The van der Waals surface area contributed by atoms with Gasteiger partial charge in [0.15, 0.2) is 10.7 Å². The Balaban J connectivity index is 1.04. The summed E-state index contributed by atoms with van der Waals surface area (Å²) in [6, 6.07) is 28.9. The zero-order valence-electron chi connectivity index (χ0n) is 25.9. The zero-order valence-corrected chi connectivity index (χ0v) is 26.7. The summed E-state index contributed by atoms with van der Waals surface area (Å²) in [5, 5.41) is 8.74. The van der Waals surface area contributed by atoms with Crippen LogP contribution < -0.4 is 15.5 Å². The second-order valence-corrected chi connectivity index (χ2v) is 12.2. The molecule has 8 rings (SSSR count). The van der Waals surface area contributed by atoms with E-state index in [2.05, 4.69) is 72.1 Å². The number of nitrogens with one attached hydrogen (secondary N) is 2. The summed E-state index contributed by atoms with van der Waals surface area (Å²) in [5.74, 6) is 1.23. The molecule has 11 heteroatoms. The lowest BCUT2D eigenvalue weighted by molar-refractivity contribution is 0.271. The fourth-order valence-electron chi connectivity index (χ4n) is 5.93. The van der Waals surface area contributed by atoms with Crippen molar-refractivity contribution in [3.05, 3.63) is 109 Å². The van der Waals surface area contributed by atoms with E-state index in [1.54, 1.807) is 23.7 Å². The minimum atomic E-state index is 0.422. The summed E-state index contributed by atoms with van der Waals surface area (Å²) in [7, 11) is 0. The van der Waals surface area contributed by atoms with Gasteiger partial charge in [0.05, 0.1) is 17.6 Å². The van der Waals surface area contributed by atoms with E-state index in [0.717, 1.165) is 77.3 Å². The maximum Gasteiger partial charge on any atom is 0.299 e. The Hall–Kier alpha value is -5.52. The van der Waals surface area contributed by atoms with Gasteiger partial charge >= 0.3 is 0 Å². The van der Waals surface area contributed by atoms with Gasteiger partial charge in [0.25, 0.3) is 6.01 Å². The number of imidazole rings is 1. The van der Waals surface area contributed by atoms with E-state index in [1.165, 1.54) is 5.69 Å². The predicted molar refractivity (Wildman–Crippen MR) is 189 cm³/mol. The number of piperazine rings is 1. The minimum absolute atomic E-state index is 0.422. The van der Waals surface area contributed by atoms with Gasteiger partial charge in [-0.05, 0) is 49.0 Å². The molecule has 1 aliphatic rings. The summed E-state index contributed by atoms with van der Waals surface area (Å²) >= 11 is 1.59. The van der Waals surface area contributed by atoms with Gasteiger partial charge in [0, 0.05) is 72.1 Å². The number of hydrogen-bond donors (Lipinski definition) is 2. The largest absolute Gasteiger partial charge is 0.423 e. The topological polar surface area (TPSA) is 99.7 Å². The zero-order chi connectivity index (χ0) is 31.6. The molecule has 0 aliphatic carbocycles. The molecule has 2 N–H and O–H groups in total. The van der Waals surface area contributed by atoms with Crippen molar-refractivity contribution in [2.45, 2.75) is 6.92 Å². The molecule has 0 atom stereocenters. The Labute approximate surface area is 276 Å². The van der Waals surface area contributed by atoms with Gasteiger partial charge in [-0.2, -0.15) is 0 Å². The summed E-state index contributed by atoms with van der Waals surface area (Å²) in [6.07, 6.45) is 5.54. The van der Waals surface area contributed by atoms with Crippen LogP contribution in [0.3, 0.4) is 0 Å². The molecule has 0 bridgehead atoms. The molecule has 1 fully saturated rings. The molecule has 10 nitrogen and oxygen atoms in total. The Bertz CT molecular complexity index is 2110. The Morgan fingerprint density at radius 3 is 2.47 bits per heavy atom. The van der Waals surface area contributed by atoms with Crippen molar-refractivity contribution in [1.29, 1.82) is 0 Å². The molecule has 0 unspecified atom stereocenters. The molecule has 234 valence electrons. The lowest BCUT2D eigenvalue weighted by atomic mass is 10.1. The van der Waals surface area contributed by atoms with Crippen molar-refractivity contribution in [1.82, 2.24) is 29.2 Å². The van der Waals surface area contributed by atoms with Gasteiger partial charge in [-0.15, -0.1) is 11.3 Å². The van der Waals surface area contributed by atoms with Crippen molar-refractivity contribution in [2.75, 3.05) is 48.3 Å². The van der Waals surface area contributed by atoms with Gasteiger partial charge in [0.1, 0.15) is 5.69 Å². The number of hydrogen-bond acceptors (Lipinski definition) is 10. The number of rotatable bonds is 9. The second kappa shape index (κ2) is 12.7. The van der Waals surface area contributed by atoms with Gasteiger partial charge in [-0.1, -0.05) is 49.4 Å². The van der Waals surface area contributed by atoms with E-state index < -0.39 is 0 Å². The number of oxazole rings is 1. The summed E-state index contributed by atoms with van der Waals surface area (Å²) in [6.45, 7) is 7.63. The number of thiazole rings is 1.